The van der Waals surface area contributed by atoms with Gasteiger partial charge in [0.25, 0.3) is 5.91 Å². The summed E-state index contributed by atoms with van der Waals surface area (Å²) in [5.74, 6) is -0.163. The van der Waals surface area contributed by atoms with Gasteiger partial charge in [0.2, 0.25) is 0 Å². The van der Waals surface area contributed by atoms with Gasteiger partial charge in [0.05, 0.1) is 24.8 Å². The van der Waals surface area contributed by atoms with Gasteiger partial charge in [-0.25, -0.2) is 4.68 Å². The quantitative estimate of drug-likeness (QED) is 0.742. The van der Waals surface area contributed by atoms with Crippen LogP contribution in [0.2, 0.25) is 0 Å². The molecular weight excluding hydrogens is 308 g/mol. The van der Waals surface area contributed by atoms with Crippen molar-refractivity contribution in [2.45, 2.75) is 25.0 Å². The summed E-state index contributed by atoms with van der Waals surface area (Å²) >= 11 is 0. The van der Waals surface area contributed by atoms with E-state index in [9.17, 15) is 9.90 Å². The number of amides is 1. The predicted octanol–water partition coefficient (Wildman–Crippen LogP) is 0.822. The van der Waals surface area contributed by atoms with E-state index in [1.54, 1.807) is 22.0 Å². The number of nitrogens with zero attached hydrogens (tertiary/aromatic N) is 5. The number of likely N-dealkylation sites (tertiary alicyclic amines) is 1. The molecule has 0 saturated carbocycles. The molecule has 3 heterocycles. The number of fused-ring (bicyclic) bond motifs is 1. The maximum absolute atomic E-state index is 12.9. The molecule has 1 aliphatic rings. The number of nitrogens with one attached hydrogen (secondary N) is 1. The molecule has 124 valence electrons. The van der Waals surface area contributed by atoms with Crippen molar-refractivity contribution in [3.05, 3.63) is 42.4 Å². The number of para-hydroxylation sites is 1. The predicted molar refractivity (Wildman–Crippen MR) is 86.2 cm³/mol. The Morgan fingerprint density at radius 3 is 3.08 bits per heavy atom. The molecule has 1 unspecified atom stereocenters. The number of hydrogen-bond acceptors (Lipinski definition) is 5. The van der Waals surface area contributed by atoms with E-state index >= 15 is 0 Å². The first-order valence-corrected chi connectivity index (χ1v) is 7.93. The Labute approximate surface area is 138 Å². The van der Waals surface area contributed by atoms with Gasteiger partial charge in [-0.05, 0) is 18.9 Å². The average molecular weight is 326 g/mol. The first kappa shape index (κ1) is 14.8. The molecular formula is C16H18N6O2. The van der Waals surface area contributed by atoms with Crippen molar-refractivity contribution in [3.8, 4) is 0 Å². The molecule has 0 spiro atoms. The highest BCUT2D eigenvalue weighted by atomic mass is 16.3. The molecule has 1 atom stereocenters. The summed E-state index contributed by atoms with van der Waals surface area (Å²) in [6, 6.07) is 7.53. The van der Waals surface area contributed by atoms with Crippen LogP contribution in [0, 0.1) is 0 Å². The minimum absolute atomic E-state index is 0.163. The van der Waals surface area contributed by atoms with E-state index in [4.69, 9.17) is 0 Å². The molecule has 0 radical (unpaired) electrons. The number of aliphatic hydroxyl groups is 1. The van der Waals surface area contributed by atoms with E-state index in [2.05, 4.69) is 20.5 Å². The van der Waals surface area contributed by atoms with Gasteiger partial charge in [-0.2, -0.15) is 5.10 Å². The Bertz CT molecular complexity index is 858. The number of hydrogen-bond donors (Lipinski definition) is 2. The molecule has 1 saturated heterocycles. The lowest BCUT2D eigenvalue weighted by molar-refractivity contribution is -0.0388. The highest BCUT2D eigenvalue weighted by molar-refractivity contribution is 6.04. The number of carbonyl (C=O) groups excluding carboxylic acids is 1. The van der Waals surface area contributed by atoms with Crippen LogP contribution in [0.4, 0.5) is 0 Å². The van der Waals surface area contributed by atoms with E-state index in [0.29, 0.717) is 25.2 Å². The van der Waals surface area contributed by atoms with Crippen molar-refractivity contribution in [1.82, 2.24) is 30.1 Å². The summed E-state index contributed by atoms with van der Waals surface area (Å²) in [6.45, 7) is 1.19. The van der Waals surface area contributed by atoms with Crippen LogP contribution in [0.15, 0.2) is 36.7 Å². The molecule has 1 amide bonds. The summed E-state index contributed by atoms with van der Waals surface area (Å²) in [5, 5.41) is 26.4. The van der Waals surface area contributed by atoms with Gasteiger partial charge >= 0.3 is 0 Å². The summed E-state index contributed by atoms with van der Waals surface area (Å²) in [7, 11) is 0. The number of aromatic nitrogens is 5. The average Bonchev–Trinajstić information content (AvgIpc) is 3.23. The maximum atomic E-state index is 12.9. The van der Waals surface area contributed by atoms with Gasteiger partial charge < -0.3 is 10.0 Å². The molecule has 1 aromatic carbocycles. The maximum Gasteiger partial charge on any atom is 0.275 e. The Balaban J connectivity index is 1.56. The first-order chi connectivity index (χ1) is 11.6. The smallest absolute Gasteiger partial charge is 0.275 e. The fourth-order valence-corrected chi connectivity index (χ4v) is 3.31. The molecule has 4 rings (SSSR count). The van der Waals surface area contributed by atoms with Crippen molar-refractivity contribution >= 4 is 16.8 Å². The van der Waals surface area contributed by atoms with Gasteiger partial charge in [-0.1, -0.05) is 23.4 Å². The molecule has 1 aliphatic heterocycles. The molecule has 0 aliphatic carbocycles. The van der Waals surface area contributed by atoms with Crippen molar-refractivity contribution in [3.63, 3.8) is 0 Å². The Kier molecular flexibility index (Phi) is 3.53. The SMILES string of the molecule is O=C(c1n[nH]c2ccccc12)N1CCCC(O)(Cn2ccnn2)C1. The van der Waals surface area contributed by atoms with Crippen molar-refractivity contribution < 1.29 is 9.90 Å². The van der Waals surface area contributed by atoms with Gasteiger partial charge in [0.1, 0.15) is 5.60 Å². The summed E-state index contributed by atoms with van der Waals surface area (Å²) in [5.41, 5.74) is 0.222. The van der Waals surface area contributed by atoms with E-state index < -0.39 is 5.60 Å². The zero-order valence-electron chi connectivity index (χ0n) is 13.1. The lowest BCUT2D eigenvalue weighted by Crippen LogP contribution is -2.52. The second-order valence-corrected chi connectivity index (χ2v) is 6.27. The number of aromatic amines is 1. The van der Waals surface area contributed by atoms with Crippen molar-refractivity contribution in [2.75, 3.05) is 13.1 Å². The van der Waals surface area contributed by atoms with Crippen LogP contribution in [-0.4, -0.2) is 59.8 Å². The van der Waals surface area contributed by atoms with E-state index in [1.165, 1.54) is 0 Å². The summed E-state index contributed by atoms with van der Waals surface area (Å²) in [4.78, 5) is 14.5. The monoisotopic (exact) mass is 326 g/mol. The third-order valence-electron chi connectivity index (χ3n) is 4.44. The highest BCUT2D eigenvalue weighted by Crippen LogP contribution is 2.25. The third-order valence-corrected chi connectivity index (χ3v) is 4.44. The second-order valence-electron chi connectivity index (χ2n) is 6.27. The topological polar surface area (TPSA) is 99.9 Å². The normalized spacial score (nSPS) is 21.3. The molecule has 0 bridgehead atoms. The molecule has 8 nitrogen and oxygen atoms in total. The van der Waals surface area contributed by atoms with E-state index in [0.717, 1.165) is 17.3 Å². The van der Waals surface area contributed by atoms with Crippen LogP contribution in [0.1, 0.15) is 23.3 Å². The zero-order chi connectivity index (χ0) is 16.6. The Morgan fingerprint density at radius 1 is 1.38 bits per heavy atom. The fourth-order valence-electron chi connectivity index (χ4n) is 3.31. The lowest BCUT2D eigenvalue weighted by Gasteiger charge is -2.38. The van der Waals surface area contributed by atoms with Crippen LogP contribution < -0.4 is 0 Å². The molecule has 2 N–H and O–H groups in total. The van der Waals surface area contributed by atoms with Crippen LogP contribution >= 0.6 is 0 Å². The minimum atomic E-state index is -1.01. The number of β-amino-alcohol motifs (C(OH)–C–C–N with tert-alkyl or cyclic N) is 1. The van der Waals surface area contributed by atoms with Crippen LogP contribution in [0.25, 0.3) is 10.9 Å². The Hall–Kier alpha value is -2.74. The second kappa shape index (κ2) is 5.72. The molecule has 3 aromatic rings. The number of piperidine rings is 1. The third kappa shape index (κ3) is 2.65. The van der Waals surface area contributed by atoms with E-state index in [-0.39, 0.29) is 12.5 Å². The van der Waals surface area contributed by atoms with E-state index in [1.807, 2.05) is 24.3 Å². The Morgan fingerprint density at radius 2 is 2.25 bits per heavy atom. The molecule has 2 aromatic heterocycles. The van der Waals surface area contributed by atoms with Gasteiger partial charge in [-0.15, -0.1) is 5.10 Å². The lowest BCUT2D eigenvalue weighted by atomic mass is 9.92. The molecule has 8 heteroatoms. The molecule has 1 fully saturated rings. The summed E-state index contributed by atoms with van der Waals surface area (Å²) < 4.78 is 1.60. The highest BCUT2D eigenvalue weighted by Gasteiger charge is 2.37. The summed E-state index contributed by atoms with van der Waals surface area (Å²) in [6.07, 6.45) is 4.64. The zero-order valence-corrected chi connectivity index (χ0v) is 13.1. The largest absolute Gasteiger partial charge is 0.386 e. The van der Waals surface area contributed by atoms with Crippen LogP contribution in [0.3, 0.4) is 0 Å². The number of carbonyl (C=O) groups is 1. The number of rotatable bonds is 3. The minimum Gasteiger partial charge on any atom is -0.386 e. The fraction of sp³-hybridized carbons (Fsp3) is 0.375. The number of benzene rings is 1. The molecule has 24 heavy (non-hydrogen) atoms. The van der Waals surface area contributed by atoms with Gasteiger partial charge in [0, 0.05) is 18.1 Å². The first-order valence-electron chi connectivity index (χ1n) is 7.93. The van der Waals surface area contributed by atoms with Crippen molar-refractivity contribution in [2.24, 2.45) is 0 Å². The van der Waals surface area contributed by atoms with Crippen molar-refractivity contribution in [1.29, 1.82) is 0 Å². The standard InChI is InChI=1S/C16H18N6O2/c23-15(14-12-4-1-2-5-13(12)18-19-14)21-8-3-6-16(24,10-21)11-22-9-7-17-20-22/h1-2,4-5,7,9,24H,3,6,8,10-11H2,(H,18,19). The van der Waals surface area contributed by atoms with Gasteiger partial charge in [0.15, 0.2) is 5.69 Å². The van der Waals surface area contributed by atoms with Gasteiger partial charge in [-0.3, -0.25) is 9.89 Å². The number of H-pyrrole nitrogens is 1. The van der Waals surface area contributed by atoms with Crippen LogP contribution in [-0.2, 0) is 6.54 Å². The van der Waals surface area contributed by atoms with Crippen LogP contribution in [0.5, 0.6) is 0 Å².